The smallest absolute Gasteiger partial charge is 0.143 e. The zero-order valence-corrected chi connectivity index (χ0v) is 9.45. The van der Waals surface area contributed by atoms with E-state index in [1.165, 1.54) is 32.1 Å². The van der Waals surface area contributed by atoms with Gasteiger partial charge in [-0.05, 0) is 24.5 Å². The van der Waals surface area contributed by atoms with Crippen molar-refractivity contribution in [2.45, 2.75) is 32.1 Å². The number of hydrogen-bond donors (Lipinski definition) is 1. The summed E-state index contributed by atoms with van der Waals surface area (Å²) in [5.41, 5.74) is 0.633. The van der Waals surface area contributed by atoms with Gasteiger partial charge in [0.1, 0.15) is 11.9 Å². The Kier molecular flexibility index (Phi) is 3.76. The van der Waals surface area contributed by atoms with E-state index in [2.05, 4.69) is 16.4 Å². The molecule has 1 saturated carbocycles. The molecule has 1 heterocycles. The highest BCUT2D eigenvalue weighted by atomic mass is 15.0. The third-order valence-electron chi connectivity index (χ3n) is 3.25. The lowest BCUT2D eigenvalue weighted by atomic mass is 10.0. The summed E-state index contributed by atoms with van der Waals surface area (Å²) in [5.74, 6) is 1.60. The normalized spacial score (nSPS) is 15.9. The van der Waals surface area contributed by atoms with Gasteiger partial charge < -0.3 is 5.32 Å². The van der Waals surface area contributed by atoms with Crippen molar-refractivity contribution in [3.63, 3.8) is 0 Å². The molecule has 0 spiro atoms. The SMILES string of the molecule is N#Cc1cccnc1NCCC1CCCC1. The van der Waals surface area contributed by atoms with Crippen molar-refractivity contribution in [1.29, 1.82) is 5.26 Å². The fourth-order valence-corrected chi connectivity index (χ4v) is 2.33. The summed E-state index contributed by atoms with van der Waals surface area (Å²) in [6.07, 6.45) is 8.43. The largest absolute Gasteiger partial charge is 0.369 e. The van der Waals surface area contributed by atoms with Gasteiger partial charge in [-0.1, -0.05) is 25.7 Å². The quantitative estimate of drug-likeness (QED) is 0.840. The van der Waals surface area contributed by atoms with Gasteiger partial charge in [-0.25, -0.2) is 4.98 Å². The van der Waals surface area contributed by atoms with Crippen molar-refractivity contribution < 1.29 is 0 Å². The zero-order valence-electron chi connectivity index (χ0n) is 9.45. The molecule has 0 atom stereocenters. The number of rotatable bonds is 4. The Morgan fingerprint density at radius 1 is 1.44 bits per heavy atom. The number of nitrogens with one attached hydrogen (secondary N) is 1. The zero-order chi connectivity index (χ0) is 11.2. The second-order valence-electron chi connectivity index (χ2n) is 4.38. The Balaban J connectivity index is 1.82. The minimum absolute atomic E-state index is 0.633. The first-order chi connectivity index (χ1) is 7.90. The van der Waals surface area contributed by atoms with E-state index in [0.717, 1.165) is 18.3 Å². The average Bonchev–Trinajstić information content (AvgIpc) is 2.83. The van der Waals surface area contributed by atoms with E-state index in [-0.39, 0.29) is 0 Å². The molecule has 0 saturated heterocycles. The molecular formula is C13H17N3. The summed E-state index contributed by atoms with van der Waals surface area (Å²) in [4.78, 5) is 4.18. The number of nitriles is 1. The lowest BCUT2D eigenvalue weighted by molar-refractivity contribution is 0.518. The number of pyridine rings is 1. The van der Waals surface area contributed by atoms with E-state index in [1.54, 1.807) is 18.3 Å². The molecule has 16 heavy (non-hydrogen) atoms. The molecular weight excluding hydrogens is 198 g/mol. The molecule has 0 aliphatic heterocycles. The highest BCUT2D eigenvalue weighted by Crippen LogP contribution is 2.27. The van der Waals surface area contributed by atoms with Gasteiger partial charge in [0.2, 0.25) is 0 Å². The predicted octanol–water partition coefficient (Wildman–Crippen LogP) is 2.95. The first-order valence-electron chi connectivity index (χ1n) is 5.99. The first kappa shape index (κ1) is 10.9. The van der Waals surface area contributed by atoms with Crippen molar-refractivity contribution in [2.75, 3.05) is 11.9 Å². The van der Waals surface area contributed by atoms with Crippen LogP contribution in [0, 0.1) is 17.2 Å². The summed E-state index contributed by atoms with van der Waals surface area (Å²) in [5, 5.41) is 12.2. The summed E-state index contributed by atoms with van der Waals surface area (Å²) < 4.78 is 0. The molecule has 1 aromatic rings. The van der Waals surface area contributed by atoms with Crippen LogP contribution in [0.25, 0.3) is 0 Å². The Bertz CT molecular complexity index is 375. The summed E-state index contributed by atoms with van der Waals surface area (Å²) in [6.45, 7) is 0.927. The van der Waals surface area contributed by atoms with Gasteiger partial charge >= 0.3 is 0 Å². The van der Waals surface area contributed by atoms with Crippen molar-refractivity contribution in [3.8, 4) is 6.07 Å². The fraction of sp³-hybridized carbons (Fsp3) is 0.538. The van der Waals surface area contributed by atoms with Crippen molar-refractivity contribution in [3.05, 3.63) is 23.9 Å². The third kappa shape index (κ3) is 2.73. The molecule has 1 aliphatic carbocycles. The number of aromatic nitrogens is 1. The molecule has 3 heteroatoms. The number of nitrogens with zero attached hydrogens (tertiary/aromatic N) is 2. The number of hydrogen-bond acceptors (Lipinski definition) is 3. The lowest BCUT2D eigenvalue weighted by Gasteiger charge is -2.10. The molecule has 1 N–H and O–H groups in total. The maximum atomic E-state index is 8.90. The van der Waals surface area contributed by atoms with E-state index in [1.807, 2.05) is 0 Å². The molecule has 0 amide bonds. The van der Waals surface area contributed by atoms with Crippen LogP contribution < -0.4 is 5.32 Å². The van der Waals surface area contributed by atoms with Crippen molar-refractivity contribution in [2.24, 2.45) is 5.92 Å². The molecule has 2 rings (SSSR count). The second kappa shape index (κ2) is 5.50. The highest BCUT2D eigenvalue weighted by Gasteiger charge is 2.14. The summed E-state index contributed by atoms with van der Waals surface area (Å²) in [7, 11) is 0. The standard InChI is InChI=1S/C13H17N3/c14-10-12-6-3-8-15-13(12)16-9-7-11-4-1-2-5-11/h3,6,8,11H,1-2,4-5,7,9H2,(H,15,16). The fourth-order valence-electron chi connectivity index (χ4n) is 2.33. The van der Waals surface area contributed by atoms with Crippen LogP contribution in [-0.2, 0) is 0 Å². The lowest BCUT2D eigenvalue weighted by Crippen LogP contribution is -2.08. The van der Waals surface area contributed by atoms with E-state index >= 15 is 0 Å². The van der Waals surface area contributed by atoms with Crippen LogP contribution in [0.15, 0.2) is 18.3 Å². The van der Waals surface area contributed by atoms with Crippen LogP contribution in [0.2, 0.25) is 0 Å². The Hall–Kier alpha value is -1.56. The van der Waals surface area contributed by atoms with Gasteiger partial charge in [-0.3, -0.25) is 0 Å². The van der Waals surface area contributed by atoms with Crippen LogP contribution in [0.1, 0.15) is 37.7 Å². The molecule has 0 aromatic carbocycles. The summed E-state index contributed by atoms with van der Waals surface area (Å²) in [6, 6.07) is 5.74. The maximum absolute atomic E-state index is 8.90. The predicted molar refractivity (Wildman–Crippen MR) is 64.0 cm³/mol. The maximum Gasteiger partial charge on any atom is 0.143 e. The molecule has 1 fully saturated rings. The van der Waals surface area contributed by atoms with Gasteiger partial charge in [-0.2, -0.15) is 5.26 Å². The number of anilines is 1. The molecule has 0 radical (unpaired) electrons. The van der Waals surface area contributed by atoms with Gasteiger partial charge in [0.25, 0.3) is 0 Å². The summed E-state index contributed by atoms with van der Waals surface area (Å²) >= 11 is 0. The van der Waals surface area contributed by atoms with Gasteiger partial charge in [0, 0.05) is 12.7 Å². The molecule has 1 aromatic heterocycles. The molecule has 84 valence electrons. The minimum Gasteiger partial charge on any atom is -0.369 e. The minimum atomic E-state index is 0.633. The van der Waals surface area contributed by atoms with E-state index < -0.39 is 0 Å². The van der Waals surface area contributed by atoms with Crippen molar-refractivity contribution in [1.82, 2.24) is 4.98 Å². The first-order valence-corrected chi connectivity index (χ1v) is 5.99. The van der Waals surface area contributed by atoms with Crippen LogP contribution in [0.3, 0.4) is 0 Å². The van der Waals surface area contributed by atoms with Crippen LogP contribution in [0.4, 0.5) is 5.82 Å². The molecule has 0 bridgehead atoms. The van der Waals surface area contributed by atoms with Crippen LogP contribution in [0.5, 0.6) is 0 Å². The van der Waals surface area contributed by atoms with Gasteiger partial charge in [-0.15, -0.1) is 0 Å². The van der Waals surface area contributed by atoms with Crippen LogP contribution in [-0.4, -0.2) is 11.5 Å². The van der Waals surface area contributed by atoms with E-state index in [0.29, 0.717) is 5.56 Å². The Morgan fingerprint density at radius 3 is 3.00 bits per heavy atom. The third-order valence-corrected chi connectivity index (χ3v) is 3.25. The molecule has 3 nitrogen and oxygen atoms in total. The Labute approximate surface area is 96.5 Å². The van der Waals surface area contributed by atoms with Gasteiger partial charge in [0.05, 0.1) is 5.56 Å². The highest BCUT2D eigenvalue weighted by molar-refractivity contribution is 5.50. The molecule has 1 aliphatic rings. The van der Waals surface area contributed by atoms with Crippen molar-refractivity contribution >= 4 is 5.82 Å². The average molecular weight is 215 g/mol. The second-order valence-corrected chi connectivity index (χ2v) is 4.38. The monoisotopic (exact) mass is 215 g/mol. The Morgan fingerprint density at radius 2 is 2.25 bits per heavy atom. The van der Waals surface area contributed by atoms with E-state index in [9.17, 15) is 0 Å². The van der Waals surface area contributed by atoms with Crippen LogP contribution >= 0.6 is 0 Å². The van der Waals surface area contributed by atoms with Gasteiger partial charge in [0.15, 0.2) is 0 Å². The van der Waals surface area contributed by atoms with E-state index in [4.69, 9.17) is 5.26 Å². The molecule has 0 unspecified atom stereocenters. The topological polar surface area (TPSA) is 48.7 Å².